The third-order valence-electron chi connectivity index (χ3n) is 7.18. The number of hydrogen-bond donors (Lipinski definition) is 1. The Hall–Kier alpha value is -2.60. The monoisotopic (exact) mass is 454 g/mol. The Morgan fingerprint density at radius 2 is 2.00 bits per heavy atom. The van der Waals surface area contributed by atoms with E-state index in [1.54, 1.807) is 6.20 Å². The minimum absolute atomic E-state index is 0.0651. The third-order valence-corrected chi connectivity index (χ3v) is 7.42. The molecule has 2 heterocycles. The van der Waals surface area contributed by atoms with E-state index in [9.17, 15) is 9.59 Å². The van der Waals surface area contributed by atoms with Crippen molar-refractivity contribution in [2.24, 2.45) is 11.8 Å². The van der Waals surface area contributed by atoms with Crippen molar-refractivity contribution in [1.29, 1.82) is 0 Å². The van der Waals surface area contributed by atoms with Gasteiger partial charge in [0.2, 0.25) is 5.91 Å². The quantitative estimate of drug-likeness (QED) is 0.618. The van der Waals surface area contributed by atoms with Gasteiger partial charge in [-0.2, -0.15) is 5.10 Å². The van der Waals surface area contributed by atoms with E-state index in [-0.39, 0.29) is 24.1 Å². The summed E-state index contributed by atoms with van der Waals surface area (Å²) in [6.45, 7) is 8.91. The Kier molecular flexibility index (Phi) is 6.42. The first-order valence-corrected chi connectivity index (χ1v) is 11.7. The molecule has 1 aromatic carbocycles. The van der Waals surface area contributed by atoms with Gasteiger partial charge in [-0.1, -0.05) is 50.4 Å². The predicted molar refractivity (Wildman–Crippen MR) is 128 cm³/mol. The van der Waals surface area contributed by atoms with Gasteiger partial charge in [0.25, 0.3) is 5.56 Å². The Morgan fingerprint density at radius 1 is 1.22 bits per heavy atom. The van der Waals surface area contributed by atoms with Crippen molar-refractivity contribution in [3.63, 3.8) is 0 Å². The Bertz CT molecular complexity index is 1210. The first kappa shape index (κ1) is 22.6. The van der Waals surface area contributed by atoms with Crippen molar-refractivity contribution < 1.29 is 4.79 Å². The molecule has 6 nitrogen and oxygen atoms in total. The third kappa shape index (κ3) is 4.33. The second-order valence-electron chi connectivity index (χ2n) is 9.22. The van der Waals surface area contributed by atoms with E-state index in [2.05, 4.69) is 28.8 Å². The normalized spacial score (nSPS) is 21.1. The molecular formula is C25H31ClN4O2. The number of nitrogens with zero attached hydrogens (tertiary/aromatic N) is 3. The Labute approximate surface area is 193 Å². The number of benzene rings is 1. The molecule has 0 radical (unpaired) electrons. The Balaban J connectivity index is 1.59. The van der Waals surface area contributed by atoms with Crippen LogP contribution < -0.4 is 10.9 Å². The number of carbonyl (C=O) groups excluding carboxylic acids is 1. The highest BCUT2D eigenvalue weighted by Crippen LogP contribution is 2.29. The lowest BCUT2D eigenvalue weighted by Crippen LogP contribution is -2.45. The van der Waals surface area contributed by atoms with E-state index < -0.39 is 0 Å². The summed E-state index contributed by atoms with van der Waals surface area (Å²) in [4.78, 5) is 26.0. The van der Waals surface area contributed by atoms with E-state index in [0.717, 1.165) is 35.2 Å². The van der Waals surface area contributed by atoms with Crippen LogP contribution in [0.1, 0.15) is 50.1 Å². The van der Waals surface area contributed by atoms with E-state index >= 15 is 0 Å². The summed E-state index contributed by atoms with van der Waals surface area (Å²) in [5, 5.41) is 9.58. The summed E-state index contributed by atoms with van der Waals surface area (Å²) in [6, 6.07) is 7.88. The van der Waals surface area contributed by atoms with Crippen molar-refractivity contribution in [3.8, 4) is 0 Å². The number of amides is 1. The first-order valence-electron chi connectivity index (χ1n) is 11.4. The van der Waals surface area contributed by atoms with Gasteiger partial charge in [0.05, 0.1) is 11.6 Å². The van der Waals surface area contributed by atoms with E-state index in [0.29, 0.717) is 28.8 Å². The lowest BCUT2D eigenvalue weighted by molar-refractivity contribution is -0.123. The highest BCUT2D eigenvalue weighted by Gasteiger charge is 2.28. The number of rotatable bonds is 5. The molecule has 3 atom stereocenters. The zero-order valence-corrected chi connectivity index (χ0v) is 19.9. The molecule has 0 aliphatic heterocycles. The summed E-state index contributed by atoms with van der Waals surface area (Å²) in [6.07, 6.45) is 5.02. The number of aromatic nitrogens is 3. The second-order valence-corrected chi connectivity index (χ2v) is 9.66. The fraction of sp³-hybridized carbons (Fsp3) is 0.480. The van der Waals surface area contributed by atoms with Gasteiger partial charge < -0.3 is 9.88 Å². The van der Waals surface area contributed by atoms with Crippen LogP contribution in [-0.2, 0) is 17.9 Å². The van der Waals surface area contributed by atoms with Crippen molar-refractivity contribution in [2.75, 3.05) is 0 Å². The SMILES string of the molecule is Cc1c2cnn(CC(=O)N[C@@H]3CCC[C@@H](C)[C@H]3C)c(=O)c2c(C)n1Cc1cccc(Cl)c1. The minimum atomic E-state index is -0.229. The number of carbonyl (C=O) groups is 1. The molecule has 3 aromatic rings. The largest absolute Gasteiger partial charge is 0.351 e. The molecule has 170 valence electrons. The summed E-state index contributed by atoms with van der Waals surface area (Å²) in [7, 11) is 0. The van der Waals surface area contributed by atoms with Crippen LogP contribution in [0.25, 0.3) is 10.8 Å². The number of aryl methyl sites for hydroxylation is 2. The van der Waals surface area contributed by atoms with Crippen LogP contribution in [0, 0.1) is 25.7 Å². The minimum Gasteiger partial charge on any atom is -0.351 e. The molecule has 0 unspecified atom stereocenters. The zero-order chi connectivity index (χ0) is 23.0. The molecule has 1 N–H and O–H groups in total. The lowest BCUT2D eigenvalue weighted by Gasteiger charge is -2.34. The van der Waals surface area contributed by atoms with Crippen LogP contribution in [0.2, 0.25) is 5.02 Å². The van der Waals surface area contributed by atoms with Crippen LogP contribution in [0.15, 0.2) is 35.3 Å². The van der Waals surface area contributed by atoms with Crippen molar-refractivity contribution in [3.05, 3.63) is 62.8 Å². The maximum Gasteiger partial charge on any atom is 0.276 e. The molecule has 2 aromatic heterocycles. The summed E-state index contributed by atoms with van der Waals surface area (Å²) >= 11 is 6.14. The first-order chi connectivity index (χ1) is 15.3. The van der Waals surface area contributed by atoms with Crippen LogP contribution in [-0.4, -0.2) is 26.3 Å². The van der Waals surface area contributed by atoms with Crippen molar-refractivity contribution >= 4 is 28.3 Å². The van der Waals surface area contributed by atoms with Gasteiger partial charge in [-0.25, -0.2) is 4.68 Å². The van der Waals surface area contributed by atoms with Gasteiger partial charge in [0.1, 0.15) is 6.54 Å². The number of fused-ring (bicyclic) bond motifs is 1. The summed E-state index contributed by atoms with van der Waals surface area (Å²) < 4.78 is 3.39. The zero-order valence-electron chi connectivity index (χ0n) is 19.2. The molecule has 4 rings (SSSR count). The summed E-state index contributed by atoms with van der Waals surface area (Å²) in [5.74, 6) is 0.874. The fourth-order valence-corrected chi connectivity index (χ4v) is 5.20. The van der Waals surface area contributed by atoms with E-state index in [1.165, 1.54) is 11.1 Å². The van der Waals surface area contributed by atoms with Gasteiger partial charge in [0.15, 0.2) is 0 Å². The smallest absolute Gasteiger partial charge is 0.276 e. The molecule has 1 saturated carbocycles. The number of nitrogens with one attached hydrogen (secondary N) is 1. The topological polar surface area (TPSA) is 68.9 Å². The molecular weight excluding hydrogens is 424 g/mol. The van der Waals surface area contributed by atoms with Gasteiger partial charge in [-0.15, -0.1) is 0 Å². The standard InChI is InChI=1S/C25H31ClN4O2/c1-15-7-5-10-22(16(15)2)28-23(31)14-30-25(32)24-18(4)29(17(3)21(24)12-27-30)13-19-8-6-9-20(26)11-19/h6,8-9,11-12,15-16,22H,5,7,10,13-14H2,1-4H3,(H,28,31)/t15-,16-,22-/m1/s1. The van der Waals surface area contributed by atoms with Gasteiger partial charge in [-0.05, 0) is 49.8 Å². The molecule has 7 heteroatoms. The lowest BCUT2D eigenvalue weighted by atomic mass is 9.78. The van der Waals surface area contributed by atoms with Gasteiger partial charge >= 0.3 is 0 Å². The van der Waals surface area contributed by atoms with E-state index in [4.69, 9.17) is 11.6 Å². The number of hydrogen-bond acceptors (Lipinski definition) is 3. The average Bonchev–Trinajstić information content (AvgIpc) is 2.98. The molecule has 0 spiro atoms. The average molecular weight is 455 g/mol. The maximum absolute atomic E-state index is 13.3. The molecule has 1 aliphatic rings. The van der Waals surface area contributed by atoms with Crippen LogP contribution in [0.3, 0.4) is 0 Å². The second kappa shape index (κ2) is 9.10. The van der Waals surface area contributed by atoms with Crippen molar-refractivity contribution in [1.82, 2.24) is 19.7 Å². The highest BCUT2D eigenvalue weighted by atomic mass is 35.5. The van der Waals surface area contributed by atoms with Gasteiger partial charge in [0, 0.05) is 34.4 Å². The summed E-state index contributed by atoms with van der Waals surface area (Å²) in [5.41, 5.74) is 2.68. The van der Waals surface area contributed by atoms with Crippen LogP contribution in [0.5, 0.6) is 0 Å². The molecule has 32 heavy (non-hydrogen) atoms. The van der Waals surface area contributed by atoms with Crippen molar-refractivity contribution in [2.45, 2.75) is 66.1 Å². The molecule has 0 saturated heterocycles. The van der Waals surface area contributed by atoms with E-state index in [1.807, 2.05) is 38.1 Å². The van der Waals surface area contributed by atoms with Crippen LogP contribution >= 0.6 is 11.6 Å². The molecule has 1 amide bonds. The molecule has 0 bridgehead atoms. The predicted octanol–water partition coefficient (Wildman–Crippen LogP) is 4.46. The molecule has 1 fully saturated rings. The number of halogens is 1. The fourth-order valence-electron chi connectivity index (χ4n) is 4.99. The molecule has 1 aliphatic carbocycles. The highest BCUT2D eigenvalue weighted by molar-refractivity contribution is 6.30. The van der Waals surface area contributed by atoms with Crippen LogP contribution in [0.4, 0.5) is 0 Å². The van der Waals surface area contributed by atoms with Gasteiger partial charge in [-0.3, -0.25) is 9.59 Å². The maximum atomic E-state index is 13.3. The Morgan fingerprint density at radius 3 is 2.75 bits per heavy atom.